The lowest BCUT2D eigenvalue weighted by atomic mass is 10.1. The van der Waals surface area contributed by atoms with E-state index in [4.69, 9.17) is 11.6 Å². The van der Waals surface area contributed by atoms with E-state index in [9.17, 15) is 18.0 Å². The highest BCUT2D eigenvalue weighted by molar-refractivity contribution is 7.92. The Kier molecular flexibility index (Phi) is 5.81. The van der Waals surface area contributed by atoms with Crippen LogP contribution in [0.4, 0.5) is 11.4 Å². The van der Waals surface area contributed by atoms with Gasteiger partial charge in [0, 0.05) is 11.3 Å². The number of anilines is 2. The molecule has 1 N–H and O–H groups in total. The van der Waals surface area contributed by atoms with Gasteiger partial charge in [-0.2, -0.15) is 0 Å². The lowest BCUT2D eigenvalue weighted by molar-refractivity contribution is -0.114. The topological polar surface area (TPSA) is 83.6 Å². The molecule has 0 aliphatic rings. The zero-order valence-corrected chi connectivity index (χ0v) is 15.3. The third-order valence-corrected chi connectivity index (χ3v) is 4.83. The Morgan fingerprint density at radius 1 is 1.08 bits per heavy atom. The molecular weight excluding hydrogens is 364 g/mol. The summed E-state index contributed by atoms with van der Waals surface area (Å²) in [6.45, 7) is 1.03. The maximum Gasteiger partial charge on any atom is 0.245 e. The van der Waals surface area contributed by atoms with E-state index in [1.807, 2.05) is 0 Å². The molecule has 132 valence electrons. The molecule has 0 aliphatic carbocycles. The highest BCUT2D eigenvalue weighted by Crippen LogP contribution is 2.27. The normalized spacial score (nSPS) is 11.0. The molecule has 0 unspecified atom stereocenters. The van der Waals surface area contributed by atoms with E-state index in [2.05, 4.69) is 5.32 Å². The molecule has 2 aromatic rings. The fourth-order valence-electron chi connectivity index (χ4n) is 2.15. The summed E-state index contributed by atoms with van der Waals surface area (Å²) < 4.78 is 25.0. The zero-order chi connectivity index (χ0) is 18.6. The predicted molar refractivity (Wildman–Crippen MR) is 98.7 cm³/mol. The summed E-state index contributed by atoms with van der Waals surface area (Å²) in [5, 5.41) is 2.83. The van der Waals surface area contributed by atoms with E-state index in [0.29, 0.717) is 11.3 Å². The number of hydrogen-bond donors (Lipinski definition) is 1. The number of carbonyl (C=O) groups excluding carboxylic acids is 2. The molecule has 0 spiro atoms. The fourth-order valence-corrected chi connectivity index (χ4v) is 3.31. The van der Waals surface area contributed by atoms with Crippen LogP contribution in [-0.2, 0) is 14.8 Å². The van der Waals surface area contributed by atoms with Crippen LogP contribution in [0.3, 0.4) is 0 Å². The fraction of sp³-hybridized carbons (Fsp3) is 0.176. The van der Waals surface area contributed by atoms with Crippen LogP contribution < -0.4 is 9.62 Å². The summed E-state index contributed by atoms with van der Waals surface area (Å²) in [7, 11) is -3.70. The standard InChI is InChI=1S/C17H17ClN2O4S/c1-12(21)13-7-9-14(10-8-13)19-17(22)11-20(25(2,23)24)16-6-4-3-5-15(16)18/h3-10H,11H2,1-2H3,(H,19,22). The molecule has 0 heterocycles. The van der Waals surface area contributed by atoms with Crippen molar-refractivity contribution in [2.75, 3.05) is 22.4 Å². The molecule has 6 nitrogen and oxygen atoms in total. The molecule has 8 heteroatoms. The Labute approximate surface area is 151 Å². The quantitative estimate of drug-likeness (QED) is 0.781. The number of benzene rings is 2. The van der Waals surface area contributed by atoms with E-state index < -0.39 is 22.5 Å². The minimum atomic E-state index is -3.70. The van der Waals surface area contributed by atoms with Gasteiger partial charge in [0.1, 0.15) is 6.54 Å². The van der Waals surface area contributed by atoms with E-state index in [0.717, 1.165) is 10.6 Å². The van der Waals surface area contributed by atoms with Gasteiger partial charge in [0.2, 0.25) is 15.9 Å². The lowest BCUT2D eigenvalue weighted by Gasteiger charge is -2.22. The molecular formula is C17H17ClN2O4S. The van der Waals surface area contributed by atoms with Crippen LogP contribution in [0.1, 0.15) is 17.3 Å². The van der Waals surface area contributed by atoms with Gasteiger partial charge >= 0.3 is 0 Å². The SMILES string of the molecule is CC(=O)c1ccc(NC(=O)CN(c2ccccc2Cl)S(C)(=O)=O)cc1. The molecule has 2 aromatic carbocycles. The Morgan fingerprint density at radius 2 is 1.68 bits per heavy atom. The van der Waals surface area contributed by atoms with Crippen LogP contribution in [0.25, 0.3) is 0 Å². The van der Waals surface area contributed by atoms with Gasteiger partial charge in [-0.1, -0.05) is 23.7 Å². The lowest BCUT2D eigenvalue weighted by Crippen LogP contribution is -2.37. The van der Waals surface area contributed by atoms with Crippen LogP contribution in [0.5, 0.6) is 0 Å². The molecule has 25 heavy (non-hydrogen) atoms. The van der Waals surface area contributed by atoms with Crippen LogP contribution in [-0.4, -0.2) is 32.9 Å². The summed E-state index contributed by atoms with van der Waals surface area (Å²) in [5.41, 5.74) is 1.21. The van der Waals surface area contributed by atoms with Crippen LogP contribution in [0.15, 0.2) is 48.5 Å². The molecule has 0 saturated carbocycles. The van der Waals surface area contributed by atoms with Crippen molar-refractivity contribution in [3.63, 3.8) is 0 Å². The number of sulfonamides is 1. The average molecular weight is 381 g/mol. The molecule has 1 amide bonds. The van der Waals surface area contributed by atoms with Gasteiger partial charge in [0.25, 0.3) is 0 Å². The first-order valence-corrected chi connectivity index (χ1v) is 9.54. The van der Waals surface area contributed by atoms with Crippen molar-refractivity contribution in [1.29, 1.82) is 0 Å². The minimum absolute atomic E-state index is 0.0835. The number of ketones is 1. The number of rotatable bonds is 6. The van der Waals surface area contributed by atoms with E-state index in [-0.39, 0.29) is 16.5 Å². The number of Topliss-reactive ketones (excluding diaryl/α,β-unsaturated/α-hetero) is 1. The number of halogens is 1. The van der Waals surface area contributed by atoms with E-state index in [1.165, 1.54) is 13.0 Å². The predicted octanol–water partition coefficient (Wildman–Crippen LogP) is 2.95. The summed E-state index contributed by atoms with van der Waals surface area (Å²) >= 11 is 6.05. The monoisotopic (exact) mass is 380 g/mol. The van der Waals surface area contributed by atoms with Gasteiger partial charge in [-0.15, -0.1) is 0 Å². The number of nitrogens with one attached hydrogen (secondary N) is 1. The number of hydrogen-bond acceptors (Lipinski definition) is 4. The first-order valence-electron chi connectivity index (χ1n) is 7.31. The Balaban J connectivity index is 2.18. The Bertz CT molecular complexity index is 895. The molecule has 0 saturated heterocycles. The van der Waals surface area contributed by atoms with E-state index in [1.54, 1.807) is 42.5 Å². The van der Waals surface area contributed by atoms with E-state index >= 15 is 0 Å². The van der Waals surface area contributed by atoms with Gasteiger partial charge in [-0.05, 0) is 43.3 Å². The third-order valence-electron chi connectivity index (χ3n) is 3.38. The van der Waals surface area contributed by atoms with Crippen LogP contribution in [0.2, 0.25) is 5.02 Å². The largest absolute Gasteiger partial charge is 0.325 e. The summed E-state index contributed by atoms with van der Waals surface area (Å²) in [5.74, 6) is -0.610. The molecule has 0 aromatic heterocycles. The first kappa shape index (κ1) is 19.0. The highest BCUT2D eigenvalue weighted by Gasteiger charge is 2.22. The third kappa shape index (κ3) is 5.04. The number of carbonyl (C=O) groups is 2. The van der Waals surface area contributed by atoms with Crippen molar-refractivity contribution in [1.82, 2.24) is 0 Å². The summed E-state index contributed by atoms with van der Waals surface area (Å²) in [6, 6.07) is 12.7. The molecule has 0 bridgehead atoms. The van der Waals surface area contributed by atoms with Crippen LogP contribution in [0, 0.1) is 0 Å². The molecule has 0 radical (unpaired) electrons. The van der Waals surface area contributed by atoms with Crippen molar-refractivity contribution in [3.8, 4) is 0 Å². The smallest absolute Gasteiger partial charge is 0.245 e. The number of amides is 1. The zero-order valence-electron chi connectivity index (χ0n) is 13.7. The average Bonchev–Trinajstić information content (AvgIpc) is 2.53. The number of para-hydroxylation sites is 1. The molecule has 0 atom stereocenters. The van der Waals surface area contributed by atoms with Gasteiger partial charge in [0.05, 0.1) is 17.0 Å². The van der Waals surface area contributed by atoms with Crippen molar-refractivity contribution in [2.45, 2.75) is 6.92 Å². The molecule has 0 aliphatic heterocycles. The molecule has 0 fully saturated rings. The van der Waals surface area contributed by atoms with Gasteiger partial charge in [-0.3, -0.25) is 13.9 Å². The molecule has 2 rings (SSSR count). The van der Waals surface area contributed by atoms with Crippen molar-refractivity contribution in [3.05, 3.63) is 59.1 Å². The maximum atomic E-state index is 12.2. The maximum absolute atomic E-state index is 12.2. The van der Waals surface area contributed by atoms with Gasteiger partial charge in [-0.25, -0.2) is 8.42 Å². The van der Waals surface area contributed by atoms with Gasteiger partial charge in [0.15, 0.2) is 5.78 Å². The summed E-state index contributed by atoms with van der Waals surface area (Å²) in [4.78, 5) is 23.5. The van der Waals surface area contributed by atoms with Crippen molar-refractivity contribution < 1.29 is 18.0 Å². The highest BCUT2D eigenvalue weighted by atomic mass is 35.5. The minimum Gasteiger partial charge on any atom is -0.325 e. The van der Waals surface area contributed by atoms with Crippen LogP contribution >= 0.6 is 11.6 Å². The Morgan fingerprint density at radius 3 is 2.20 bits per heavy atom. The summed E-state index contributed by atoms with van der Waals surface area (Å²) in [6.07, 6.45) is 1.01. The number of nitrogens with zero attached hydrogens (tertiary/aromatic N) is 1. The van der Waals surface area contributed by atoms with Gasteiger partial charge < -0.3 is 5.32 Å². The first-order chi connectivity index (χ1) is 11.7. The van der Waals surface area contributed by atoms with Crippen molar-refractivity contribution >= 4 is 44.7 Å². The second-order valence-corrected chi connectivity index (χ2v) is 7.72. The Hall–Kier alpha value is -2.38. The second kappa shape index (κ2) is 7.67. The van der Waals surface area contributed by atoms with Crippen molar-refractivity contribution in [2.24, 2.45) is 0 Å². The second-order valence-electron chi connectivity index (χ2n) is 5.40.